The lowest BCUT2D eigenvalue weighted by Gasteiger charge is -2.21. The Hall–Kier alpha value is -1.39. The van der Waals surface area contributed by atoms with Gasteiger partial charge >= 0.3 is 5.97 Å². The fourth-order valence-corrected chi connectivity index (χ4v) is 2.09. The van der Waals surface area contributed by atoms with Crippen molar-refractivity contribution in [1.82, 2.24) is 10.1 Å². The molecule has 0 radical (unpaired) electrons. The third-order valence-electron chi connectivity index (χ3n) is 3.65. The number of rotatable bonds is 3. The maximum atomic E-state index is 11.6. The highest BCUT2D eigenvalue weighted by atomic mass is 16.5. The van der Waals surface area contributed by atoms with Gasteiger partial charge in [0.25, 0.3) is 0 Å². The number of nitrogens with zero attached hydrogens (tertiary/aromatic N) is 2. The maximum Gasteiger partial charge on any atom is 0.321 e. The van der Waals surface area contributed by atoms with Gasteiger partial charge in [-0.15, -0.1) is 0 Å². The van der Waals surface area contributed by atoms with Crippen molar-refractivity contribution in [3.8, 4) is 0 Å². The van der Waals surface area contributed by atoms with Crippen LogP contribution in [0.2, 0.25) is 0 Å². The van der Waals surface area contributed by atoms with Crippen LogP contribution in [0.5, 0.6) is 0 Å². The van der Waals surface area contributed by atoms with Crippen LogP contribution in [0.15, 0.2) is 4.52 Å². The van der Waals surface area contributed by atoms with Crippen molar-refractivity contribution in [2.24, 2.45) is 0 Å². The molecule has 86 valence electrons. The van der Waals surface area contributed by atoms with Crippen molar-refractivity contribution >= 4 is 5.97 Å². The first kappa shape index (κ1) is 9.81. The Morgan fingerprint density at radius 3 is 2.75 bits per heavy atom. The largest absolute Gasteiger partial charge is 0.468 e. The number of carbonyl (C=O) groups is 1. The SMILES string of the molecule is COC(=O)C1(c2nc(C3CCC3)no2)CC1. The Bertz CT molecular complexity index is 419. The molecule has 0 saturated heterocycles. The third kappa shape index (κ3) is 1.27. The minimum absolute atomic E-state index is 0.253. The van der Waals surface area contributed by atoms with Crippen LogP contribution in [0.25, 0.3) is 0 Å². The van der Waals surface area contributed by atoms with Crippen LogP contribution in [0, 0.1) is 0 Å². The van der Waals surface area contributed by atoms with Crippen LogP contribution >= 0.6 is 0 Å². The predicted molar refractivity (Wildman–Crippen MR) is 53.8 cm³/mol. The number of esters is 1. The summed E-state index contributed by atoms with van der Waals surface area (Å²) in [5, 5.41) is 3.97. The van der Waals surface area contributed by atoms with Crippen molar-refractivity contribution in [1.29, 1.82) is 0 Å². The van der Waals surface area contributed by atoms with Crippen LogP contribution < -0.4 is 0 Å². The Morgan fingerprint density at radius 1 is 1.50 bits per heavy atom. The van der Waals surface area contributed by atoms with Crippen LogP contribution in [0.4, 0.5) is 0 Å². The summed E-state index contributed by atoms with van der Waals surface area (Å²) in [5.41, 5.74) is -0.621. The van der Waals surface area contributed by atoms with Gasteiger partial charge in [-0.2, -0.15) is 4.98 Å². The molecule has 5 heteroatoms. The van der Waals surface area contributed by atoms with Gasteiger partial charge in [-0.3, -0.25) is 4.79 Å². The summed E-state index contributed by atoms with van der Waals surface area (Å²) in [4.78, 5) is 16.0. The molecule has 0 atom stereocenters. The van der Waals surface area contributed by atoms with E-state index in [1.165, 1.54) is 13.5 Å². The Morgan fingerprint density at radius 2 is 2.25 bits per heavy atom. The molecule has 0 spiro atoms. The maximum absolute atomic E-state index is 11.6. The summed E-state index contributed by atoms with van der Waals surface area (Å²) in [6.45, 7) is 0. The van der Waals surface area contributed by atoms with Gasteiger partial charge in [0, 0.05) is 5.92 Å². The van der Waals surface area contributed by atoms with Gasteiger partial charge in [0.2, 0.25) is 5.89 Å². The van der Waals surface area contributed by atoms with Crippen molar-refractivity contribution in [3.63, 3.8) is 0 Å². The minimum Gasteiger partial charge on any atom is -0.468 e. The third-order valence-corrected chi connectivity index (χ3v) is 3.65. The molecule has 2 fully saturated rings. The van der Waals surface area contributed by atoms with Crippen LogP contribution in [-0.2, 0) is 14.9 Å². The molecule has 2 aliphatic rings. The summed E-state index contributed by atoms with van der Waals surface area (Å²) in [6, 6.07) is 0. The highest BCUT2D eigenvalue weighted by Crippen LogP contribution is 2.49. The number of carbonyl (C=O) groups excluding carboxylic acids is 1. The quantitative estimate of drug-likeness (QED) is 0.726. The first-order valence-corrected chi connectivity index (χ1v) is 5.69. The molecule has 2 aliphatic carbocycles. The Kier molecular flexibility index (Phi) is 2.02. The molecule has 0 unspecified atom stereocenters. The number of ether oxygens (including phenoxy) is 1. The second-order valence-corrected chi connectivity index (χ2v) is 4.66. The molecule has 0 amide bonds. The fourth-order valence-electron chi connectivity index (χ4n) is 2.09. The zero-order valence-electron chi connectivity index (χ0n) is 9.23. The van der Waals surface area contributed by atoms with E-state index in [0.717, 1.165) is 31.5 Å². The fraction of sp³-hybridized carbons (Fsp3) is 0.727. The molecular formula is C11H14N2O3. The molecule has 16 heavy (non-hydrogen) atoms. The molecule has 1 heterocycles. The first-order chi connectivity index (χ1) is 7.76. The zero-order chi connectivity index (χ0) is 11.2. The predicted octanol–water partition coefficient (Wildman–Crippen LogP) is 1.54. The number of hydrogen-bond acceptors (Lipinski definition) is 5. The summed E-state index contributed by atoms with van der Waals surface area (Å²) in [6.07, 6.45) is 5.00. The normalized spacial score (nSPS) is 22.6. The van der Waals surface area contributed by atoms with Gasteiger partial charge in [-0.1, -0.05) is 11.6 Å². The minimum atomic E-state index is -0.621. The molecule has 0 N–H and O–H groups in total. The average molecular weight is 222 g/mol. The van der Waals surface area contributed by atoms with Crippen LogP contribution in [-0.4, -0.2) is 23.2 Å². The molecular weight excluding hydrogens is 208 g/mol. The number of hydrogen-bond donors (Lipinski definition) is 0. The molecule has 2 saturated carbocycles. The average Bonchev–Trinajstić information content (AvgIpc) is 2.90. The topological polar surface area (TPSA) is 65.2 Å². The van der Waals surface area contributed by atoms with E-state index in [1.807, 2.05) is 0 Å². The van der Waals surface area contributed by atoms with Gasteiger partial charge in [-0.05, 0) is 25.7 Å². The molecule has 0 aromatic carbocycles. The van der Waals surface area contributed by atoms with E-state index in [2.05, 4.69) is 10.1 Å². The van der Waals surface area contributed by atoms with Crippen LogP contribution in [0.1, 0.15) is 49.7 Å². The van der Waals surface area contributed by atoms with E-state index in [0.29, 0.717) is 11.8 Å². The molecule has 1 aromatic rings. The molecule has 5 nitrogen and oxygen atoms in total. The van der Waals surface area contributed by atoms with E-state index in [4.69, 9.17) is 9.26 Å². The van der Waals surface area contributed by atoms with E-state index in [-0.39, 0.29) is 5.97 Å². The Balaban J connectivity index is 1.84. The van der Waals surface area contributed by atoms with Gasteiger partial charge < -0.3 is 9.26 Å². The molecule has 3 rings (SSSR count). The lowest BCUT2D eigenvalue weighted by Crippen LogP contribution is -2.22. The van der Waals surface area contributed by atoms with Crippen molar-refractivity contribution in [2.45, 2.75) is 43.4 Å². The molecule has 0 aliphatic heterocycles. The second kappa shape index (κ2) is 3.30. The summed E-state index contributed by atoms with van der Waals surface area (Å²) in [7, 11) is 1.39. The summed E-state index contributed by atoms with van der Waals surface area (Å²) >= 11 is 0. The number of methoxy groups -OCH3 is 1. The van der Waals surface area contributed by atoms with Crippen molar-refractivity contribution in [2.75, 3.05) is 7.11 Å². The van der Waals surface area contributed by atoms with E-state index < -0.39 is 5.41 Å². The first-order valence-electron chi connectivity index (χ1n) is 5.69. The highest BCUT2D eigenvalue weighted by Gasteiger charge is 2.57. The lowest BCUT2D eigenvalue weighted by molar-refractivity contribution is -0.144. The van der Waals surface area contributed by atoms with Crippen molar-refractivity contribution in [3.05, 3.63) is 11.7 Å². The summed E-state index contributed by atoms with van der Waals surface area (Å²) < 4.78 is 9.99. The zero-order valence-corrected chi connectivity index (χ0v) is 9.23. The molecule has 0 bridgehead atoms. The van der Waals surface area contributed by atoms with E-state index in [9.17, 15) is 4.79 Å². The van der Waals surface area contributed by atoms with E-state index >= 15 is 0 Å². The Labute approximate surface area is 93.2 Å². The van der Waals surface area contributed by atoms with Crippen molar-refractivity contribution < 1.29 is 14.1 Å². The van der Waals surface area contributed by atoms with Gasteiger partial charge in [0.1, 0.15) is 5.41 Å². The summed E-state index contributed by atoms with van der Waals surface area (Å²) in [5.74, 6) is 1.39. The van der Waals surface area contributed by atoms with Gasteiger partial charge in [-0.25, -0.2) is 0 Å². The van der Waals surface area contributed by atoms with Gasteiger partial charge in [0.05, 0.1) is 7.11 Å². The lowest BCUT2D eigenvalue weighted by atomic mass is 9.85. The standard InChI is InChI=1S/C11H14N2O3/c1-15-10(14)11(5-6-11)9-12-8(13-16-9)7-3-2-4-7/h7H,2-6H2,1H3. The highest BCUT2D eigenvalue weighted by molar-refractivity contribution is 5.85. The van der Waals surface area contributed by atoms with Crippen LogP contribution in [0.3, 0.4) is 0 Å². The monoisotopic (exact) mass is 222 g/mol. The molecule has 1 aromatic heterocycles. The smallest absolute Gasteiger partial charge is 0.321 e. The second-order valence-electron chi connectivity index (χ2n) is 4.66. The van der Waals surface area contributed by atoms with Gasteiger partial charge in [0.15, 0.2) is 5.82 Å². The number of aromatic nitrogens is 2. The van der Waals surface area contributed by atoms with E-state index in [1.54, 1.807) is 0 Å².